The van der Waals surface area contributed by atoms with Gasteiger partial charge in [-0.15, -0.1) is 0 Å². The first kappa shape index (κ1) is 17.5. The molecule has 2 aliphatic heterocycles. The molecular weight excluding hydrogens is 348 g/mol. The zero-order valence-electron chi connectivity index (χ0n) is 14.9. The van der Waals surface area contributed by atoms with Crippen molar-refractivity contribution in [3.63, 3.8) is 0 Å². The van der Waals surface area contributed by atoms with Crippen molar-refractivity contribution >= 4 is 9.84 Å². The number of benzene rings is 1. The maximum atomic E-state index is 11.4. The molecule has 1 unspecified atom stereocenters. The van der Waals surface area contributed by atoms with Crippen molar-refractivity contribution in [1.29, 1.82) is 0 Å². The molecule has 4 rings (SSSR count). The van der Waals surface area contributed by atoms with E-state index < -0.39 is 9.84 Å². The van der Waals surface area contributed by atoms with E-state index in [-0.39, 0.29) is 11.9 Å². The molecule has 0 aliphatic carbocycles. The van der Waals surface area contributed by atoms with Crippen LogP contribution in [0.1, 0.15) is 24.0 Å². The number of sulfone groups is 1. The number of piperidine rings is 1. The quantitative estimate of drug-likeness (QED) is 0.893. The van der Waals surface area contributed by atoms with Crippen LogP contribution in [0.3, 0.4) is 0 Å². The van der Waals surface area contributed by atoms with Crippen LogP contribution in [0.2, 0.25) is 0 Å². The van der Waals surface area contributed by atoms with Crippen LogP contribution in [-0.4, -0.2) is 38.9 Å². The van der Waals surface area contributed by atoms with Gasteiger partial charge in [-0.25, -0.2) is 8.42 Å². The summed E-state index contributed by atoms with van der Waals surface area (Å²) in [6.45, 7) is 2.15. The van der Waals surface area contributed by atoms with E-state index in [1.807, 2.05) is 30.5 Å². The van der Waals surface area contributed by atoms with Crippen molar-refractivity contribution in [2.75, 3.05) is 19.3 Å². The molecule has 138 valence electrons. The van der Waals surface area contributed by atoms with E-state index in [2.05, 4.69) is 16.4 Å². The molecule has 1 aromatic heterocycles. The van der Waals surface area contributed by atoms with Crippen molar-refractivity contribution in [3.05, 3.63) is 47.7 Å². The summed E-state index contributed by atoms with van der Waals surface area (Å²) in [6, 6.07) is 9.71. The van der Waals surface area contributed by atoms with E-state index in [9.17, 15) is 8.42 Å². The average Bonchev–Trinajstić information content (AvgIpc) is 3.05. The molecule has 3 heterocycles. The van der Waals surface area contributed by atoms with Gasteiger partial charge in [0.15, 0.2) is 9.84 Å². The van der Waals surface area contributed by atoms with E-state index in [0.29, 0.717) is 5.92 Å². The molecule has 1 saturated heterocycles. The van der Waals surface area contributed by atoms with E-state index in [0.717, 1.165) is 42.1 Å². The van der Waals surface area contributed by atoms with Crippen molar-refractivity contribution in [1.82, 2.24) is 10.3 Å². The second kappa shape index (κ2) is 7.00. The Hall–Kier alpha value is -1.92. The van der Waals surface area contributed by atoms with Crippen molar-refractivity contribution in [2.24, 2.45) is 5.92 Å². The predicted octanol–water partition coefficient (Wildman–Crippen LogP) is 2.60. The van der Waals surface area contributed by atoms with E-state index in [1.54, 1.807) is 0 Å². The number of pyridine rings is 1. The van der Waals surface area contributed by atoms with Crippen LogP contribution in [0.4, 0.5) is 0 Å². The number of ether oxygens (including phenoxy) is 1. The molecule has 2 aromatic rings. The standard InChI is InChI=1S/C20H24N2O3S/c1-26(23,24)13-14-2-4-15(5-3-14)18-10-17-11-19(25-20(17)12-22-18)16-6-8-21-9-7-16/h2-5,10,12,16,19,21H,6-9,11,13H2,1H3. The SMILES string of the molecule is CS(=O)(=O)Cc1ccc(-c2cc3c(cn2)OC(C2CCNCC2)C3)cc1. The fourth-order valence-corrected chi connectivity index (χ4v) is 4.68. The normalized spacial score (nSPS) is 20.6. The fourth-order valence-electron chi connectivity index (χ4n) is 3.88. The van der Waals surface area contributed by atoms with E-state index in [4.69, 9.17) is 4.74 Å². The zero-order chi connectivity index (χ0) is 18.1. The molecule has 26 heavy (non-hydrogen) atoms. The Bertz CT molecular complexity index is 888. The molecule has 2 aliphatic rings. The van der Waals surface area contributed by atoms with Gasteiger partial charge in [-0.3, -0.25) is 4.98 Å². The van der Waals surface area contributed by atoms with Crippen LogP contribution in [0.25, 0.3) is 11.3 Å². The summed E-state index contributed by atoms with van der Waals surface area (Å²) >= 11 is 0. The van der Waals surface area contributed by atoms with Crippen LogP contribution in [0.5, 0.6) is 5.75 Å². The average molecular weight is 372 g/mol. The second-order valence-electron chi connectivity index (χ2n) is 7.39. The molecule has 1 N–H and O–H groups in total. The Kier molecular flexibility index (Phi) is 4.71. The number of rotatable bonds is 4. The molecule has 1 atom stereocenters. The minimum Gasteiger partial charge on any atom is -0.488 e. The summed E-state index contributed by atoms with van der Waals surface area (Å²) in [7, 11) is -3.02. The van der Waals surface area contributed by atoms with Crippen LogP contribution < -0.4 is 10.1 Å². The van der Waals surface area contributed by atoms with Gasteiger partial charge in [-0.1, -0.05) is 24.3 Å². The number of hydrogen-bond acceptors (Lipinski definition) is 5. The van der Waals surface area contributed by atoms with Gasteiger partial charge in [0.2, 0.25) is 0 Å². The molecule has 0 radical (unpaired) electrons. The fraction of sp³-hybridized carbons (Fsp3) is 0.450. The third kappa shape index (κ3) is 3.91. The molecule has 6 heteroatoms. The molecule has 1 fully saturated rings. The monoisotopic (exact) mass is 372 g/mol. The van der Waals surface area contributed by atoms with Gasteiger partial charge < -0.3 is 10.1 Å². The van der Waals surface area contributed by atoms with Crippen molar-refractivity contribution in [3.8, 4) is 17.0 Å². The summed E-state index contributed by atoms with van der Waals surface area (Å²) in [5.41, 5.74) is 3.92. The van der Waals surface area contributed by atoms with E-state index >= 15 is 0 Å². The first-order valence-corrected chi connectivity index (χ1v) is 11.2. The molecule has 0 spiro atoms. The Morgan fingerprint density at radius 1 is 1.19 bits per heavy atom. The lowest BCUT2D eigenvalue weighted by Crippen LogP contribution is -2.36. The van der Waals surface area contributed by atoms with Gasteiger partial charge in [0.25, 0.3) is 0 Å². The third-order valence-electron chi connectivity index (χ3n) is 5.24. The van der Waals surface area contributed by atoms with Gasteiger partial charge in [0.05, 0.1) is 17.6 Å². The summed E-state index contributed by atoms with van der Waals surface area (Å²) in [5, 5.41) is 3.40. The lowest BCUT2D eigenvalue weighted by molar-refractivity contribution is 0.133. The van der Waals surface area contributed by atoms with E-state index in [1.165, 1.54) is 24.7 Å². The third-order valence-corrected chi connectivity index (χ3v) is 6.09. The highest BCUT2D eigenvalue weighted by atomic mass is 32.2. The largest absolute Gasteiger partial charge is 0.488 e. The first-order chi connectivity index (χ1) is 12.5. The van der Waals surface area contributed by atoms with Gasteiger partial charge in [0, 0.05) is 23.8 Å². The van der Waals surface area contributed by atoms with Crippen LogP contribution >= 0.6 is 0 Å². The van der Waals surface area contributed by atoms with Crippen molar-refractivity contribution in [2.45, 2.75) is 31.1 Å². The number of fused-ring (bicyclic) bond motifs is 1. The lowest BCUT2D eigenvalue weighted by atomic mass is 9.90. The Balaban J connectivity index is 1.50. The minimum atomic E-state index is -3.02. The van der Waals surface area contributed by atoms with Crippen LogP contribution in [0.15, 0.2) is 36.5 Å². The van der Waals surface area contributed by atoms with Crippen LogP contribution in [-0.2, 0) is 22.0 Å². The Morgan fingerprint density at radius 2 is 1.92 bits per heavy atom. The Labute approximate surface area is 154 Å². The highest BCUT2D eigenvalue weighted by molar-refractivity contribution is 7.89. The van der Waals surface area contributed by atoms with Gasteiger partial charge in [0.1, 0.15) is 11.9 Å². The summed E-state index contributed by atoms with van der Waals surface area (Å²) in [5.74, 6) is 1.59. The summed E-state index contributed by atoms with van der Waals surface area (Å²) in [6.07, 6.45) is 6.63. The first-order valence-electron chi connectivity index (χ1n) is 9.11. The lowest BCUT2D eigenvalue weighted by Gasteiger charge is -2.27. The zero-order valence-corrected chi connectivity index (χ0v) is 15.8. The maximum absolute atomic E-state index is 11.4. The second-order valence-corrected chi connectivity index (χ2v) is 9.53. The maximum Gasteiger partial charge on any atom is 0.151 e. The van der Waals surface area contributed by atoms with Crippen molar-refractivity contribution < 1.29 is 13.2 Å². The van der Waals surface area contributed by atoms with Gasteiger partial charge in [-0.2, -0.15) is 0 Å². The predicted molar refractivity (Wildman–Crippen MR) is 102 cm³/mol. The topological polar surface area (TPSA) is 68.3 Å². The molecule has 1 aromatic carbocycles. The number of aromatic nitrogens is 1. The van der Waals surface area contributed by atoms with Gasteiger partial charge in [-0.05, 0) is 43.5 Å². The number of nitrogens with one attached hydrogen (secondary N) is 1. The molecular formula is C20H24N2O3S. The summed E-state index contributed by atoms with van der Waals surface area (Å²) in [4.78, 5) is 4.55. The van der Waals surface area contributed by atoms with Gasteiger partial charge >= 0.3 is 0 Å². The number of nitrogens with zero attached hydrogens (tertiary/aromatic N) is 1. The summed E-state index contributed by atoms with van der Waals surface area (Å²) < 4.78 is 29.0. The Morgan fingerprint density at radius 3 is 2.62 bits per heavy atom. The molecule has 0 saturated carbocycles. The van der Waals surface area contributed by atoms with Crippen LogP contribution in [0, 0.1) is 5.92 Å². The number of hydrogen-bond donors (Lipinski definition) is 1. The highest BCUT2D eigenvalue weighted by Gasteiger charge is 2.31. The smallest absolute Gasteiger partial charge is 0.151 e. The minimum absolute atomic E-state index is 0.0661. The molecule has 5 nitrogen and oxygen atoms in total. The molecule has 0 amide bonds. The highest BCUT2D eigenvalue weighted by Crippen LogP contribution is 2.35. The molecule has 0 bridgehead atoms.